The molecule has 1 aliphatic rings. The molecule has 0 saturated carbocycles. The molecule has 1 aliphatic heterocycles. The van der Waals surface area contributed by atoms with Gasteiger partial charge in [0.15, 0.2) is 0 Å². The summed E-state index contributed by atoms with van der Waals surface area (Å²) in [5, 5.41) is 10.9. The smallest absolute Gasteiger partial charge is 0.253 e. The zero-order valence-corrected chi connectivity index (χ0v) is 12.5. The largest absolute Gasteiger partial charge is 0.337 e. The maximum absolute atomic E-state index is 12.5. The van der Waals surface area contributed by atoms with Crippen LogP contribution in [-0.4, -0.2) is 35.4 Å². The average molecular weight is 296 g/mol. The number of amides is 1. The highest BCUT2D eigenvalue weighted by Gasteiger charge is 2.18. The summed E-state index contributed by atoms with van der Waals surface area (Å²) in [7, 11) is 0. The molecule has 0 aromatic heterocycles. The number of fused-ring (bicyclic) bond motifs is 1. The lowest BCUT2D eigenvalue weighted by Gasteiger charge is -2.26. The predicted octanol–water partition coefficient (Wildman–Crippen LogP) is 3.09. The van der Waals surface area contributed by atoms with Crippen LogP contribution in [0.2, 0.25) is 0 Å². The van der Waals surface area contributed by atoms with Crippen LogP contribution in [-0.2, 0) is 6.42 Å². The van der Waals surface area contributed by atoms with Gasteiger partial charge in [0.2, 0.25) is 0 Å². The second-order valence-corrected chi connectivity index (χ2v) is 6.36. The number of benzene rings is 2. The van der Waals surface area contributed by atoms with E-state index in [1.807, 2.05) is 53.1 Å². The lowest BCUT2D eigenvalue weighted by molar-refractivity contribution is 0.0772. The molecule has 1 saturated heterocycles. The fourth-order valence-corrected chi connectivity index (χ4v) is 3.48. The first-order valence-corrected chi connectivity index (χ1v) is 8.20. The van der Waals surface area contributed by atoms with Crippen LogP contribution in [0.5, 0.6) is 0 Å². The minimum absolute atomic E-state index is 0.123. The van der Waals surface area contributed by atoms with E-state index in [9.17, 15) is 4.79 Å². The van der Waals surface area contributed by atoms with Gasteiger partial charge >= 0.3 is 0 Å². The summed E-state index contributed by atoms with van der Waals surface area (Å²) in [6.45, 7) is 1.67. The van der Waals surface area contributed by atoms with E-state index in [0.717, 1.165) is 46.5 Å². The molecule has 106 valence electrons. The van der Waals surface area contributed by atoms with Crippen LogP contribution in [0.4, 0.5) is 0 Å². The van der Waals surface area contributed by atoms with E-state index < -0.39 is 0 Å². The Kier molecular flexibility index (Phi) is 4.12. The summed E-state index contributed by atoms with van der Waals surface area (Å²) in [4.78, 5) is 14.4. The van der Waals surface area contributed by atoms with Gasteiger partial charge in [-0.2, -0.15) is 17.0 Å². The van der Waals surface area contributed by atoms with E-state index in [1.165, 1.54) is 0 Å². The van der Waals surface area contributed by atoms with E-state index in [-0.39, 0.29) is 5.91 Å². The Bertz CT molecular complexity index is 714. The Morgan fingerprint density at radius 2 is 1.86 bits per heavy atom. The number of hydrogen-bond donors (Lipinski definition) is 0. The molecule has 1 heterocycles. The van der Waals surface area contributed by atoms with Crippen LogP contribution < -0.4 is 0 Å². The number of nitrogens with zero attached hydrogens (tertiary/aromatic N) is 2. The summed E-state index contributed by atoms with van der Waals surface area (Å²) in [5.41, 5.74) is 1.76. The van der Waals surface area contributed by atoms with Crippen molar-refractivity contribution >= 4 is 28.4 Å². The fraction of sp³-hybridized carbons (Fsp3) is 0.294. The molecule has 0 N–H and O–H groups in total. The van der Waals surface area contributed by atoms with Gasteiger partial charge in [-0.25, -0.2) is 0 Å². The fourth-order valence-electron chi connectivity index (χ4n) is 2.58. The van der Waals surface area contributed by atoms with Crippen molar-refractivity contribution in [3.63, 3.8) is 0 Å². The van der Waals surface area contributed by atoms with E-state index in [1.54, 1.807) is 0 Å². The lowest BCUT2D eigenvalue weighted by Crippen LogP contribution is -2.37. The Balaban J connectivity index is 1.88. The van der Waals surface area contributed by atoms with Gasteiger partial charge in [0.05, 0.1) is 12.5 Å². The number of rotatable bonds is 2. The van der Waals surface area contributed by atoms with Gasteiger partial charge in [0, 0.05) is 30.2 Å². The molecule has 2 aromatic carbocycles. The molecule has 0 radical (unpaired) electrons. The number of thioether (sulfide) groups is 1. The topological polar surface area (TPSA) is 44.1 Å². The molecule has 0 aliphatic carbocycles. The molecule has 0 atom stereocenters. The van der Waals surface area contributed by atoms with Crippen molar-refractivity contribution in [3.8, 4) is 6.07 Å². The Labute approximate surface area is 128 Å². The summed E-state index contributed by atoms with van der Waals surface area (Å²) in [6, 6.07) is 13.9. The first-order valence-electron chi connectivity index (χ1n) is 7.04. The van der Waals surface area contributed by atoms with Crippen molar-refractivity contribution in [3.05, 3.63) is 47.5 Å². The van der Waals surface area contributed by atoms with Crippen molar-refractivity contribution in [2.75, 3.05) is 24.6 Å². The molecule has 21 heavy (non-hydrogen) atoms. The quantitative estimate of drug-likeness (QED) is 0.855. The van der Waals surface area contributed by atoms with Gasteiger partial charge in [0.25, 0.3) is 5.91 Å². The first-order chi connectivity index (χ1) is 10.3. The van der Waals surface area contributed by atoms with Crippen LogP contribution in [0.3, 0.4) is 0 Å². The normalized spacial score (nSPS) is 14.9. The van der Waals surface area contributed by atoms with Crippen LogP contribution in [0.15, 0.2) is 36.4 Å². The number of carbonyl (C=O) groups excluding carboxylic acids is 1. The zero-order chi connectivity index (χ0) is 14.7. The van der Waals surface area contributed by atoms with Gasteiger partial charge in [-0.3, -0.25) is 4.79 Å². The van der Waals surface area contributed by atoms with Crippen LogP contribution in [0, 0.1) is 11.3 Å². The third-order valence-electron chi connectivity index (χ3n) is 3.73. The third-order valence-corrected chi connectivity index (χ3v) is 4.68. The van der Waals surface area contributed by atoms with Gasteiger partial charge in [-0.05, 0) is 28.5 Å². The van der Waals surface area contributed by atoms with Gasteiger partial charge < -0.3 is 4.90 Å². The number of nitriles is 1. The van der Waals surface area contributed by atoms with Gasteiger partial charge in [-0.1, -0.05) is 24.3 Å². The molecule has 0 unspecified atom stereocenters. The molecule has 1 fully saturated rings. The maximum Gasteiger partial charge on any atom is 0.253 e. The molecule has 0 bridgehead atoms. The maximum atomic E-state index is 12.5. The summed E-state index contributed by atoms with van der Waals surface area (Å²) < 4.78 is 0. The number of hydrogen-bond acceptors (Lipinski definition) is 3. The average Bonchev–Trinajstić information content (AvgIpc) is 2.55. The number of carbonyl (C=O) groups is 1. The van der Waals surface area contributed by atoms with E-state index in [2.05, 4.69) is 6.07 Å². The van der Waals surface area contributed by atoms with Crippen LogP contribution >= 0.6 is 11.8 Å². The van der Waals surface area contributed by atoms with Crippen molar-refractivity contribution < 1.29 is 4.79 Å². The Hall–Kier alpha value is -1.99. The zero-order valence-electron chi connectivity index (χ0n) is 11.7. The summed E-state index contributed by atoms with van der Waals surface area (Å²) in [5.74, 6) is 2.17. The molecular weight excluding hydrogens is 280 g/mol. The van der Waals surface area contributed by atoms with Crippen molar-refractivity contribution in [2.45, 2.75) is 6.42 Å². The van der Waals surface area contributed by atoms with Crippen LogP contribution in [0.25, 0.3) is 10.8 Å². The summed E-state index contributed by atoms with van der Waals surface area (Å²) >= 11 is 1.90. The predicted molar refractivity (Wildman–Crippen MR) is 86.5 cm³/mol. The van der Waals surface area contributed by atoms with E-state index in [0.29, 0.717) is 6.42 Å². The molecule has 3 nitrogen and oxygen atoms in total. The summed E-state index contributed by atoms with van der Waals surface area (Å²) in [6.07, 6.45) is 0.419. The minimum Gasteiger partial charge on any atom is -0.337 e. The van der Waals surface area contributed by atoms with Gasteiger partial charge in [-0.15, -0.1) is 0 Å². The third kappa shape index (κ3) is 3.03. The second-order valence-electron chi connectivity index (χ2n) is 5.14. The van der Waals surface area contributed by atoms with E-state index >= 15 is 0 Å². The Morgan fingerprint density at radius 1 is 1.14 bits per heavy atom. The van der Waals surface area contributed by atoms with Crippen LogP contribution in [0.1, 0.15) is 15.9 Å². The molecular formula is C17H16N2OS. The molecule has 4 heteroatoms. The Morgan fingerprint density at radius 3 is 2.62 bits per heavy atom. The standard InChI is InChI=1S/C17H16N2OS/c18-6-5-13-1-2-15-12-16(4-3-14(15)11-13)17(20)19-7-9-21-10-8-19/h1-4,11-12H,5,7-10H2. The monoisotopic (exact) mass is 296 g/mol. The highest BCUT2D eigenvalue weighted by molar-refractivity contribution is 7.99. The highest BCUT2D eigenvalue weighted by atomic mass is 32.2. The highest BCUT2D eigenvalue weighted by Crippen LogP contribution is 2.20. The minimum atomic E-state index is 0.123. The van der Waals surface area contributed by atoms with Crippen molar-refractivity contribution in [1.29, 1.82) is 5.26 Å². The van der Waals surface area contributed by atoms with E-state index in [4.69, 9.17) is 5.26 Å². The molecule has 1 amide bonds. The molecule has 3 rings (SSSR count). The molecule has 0 spiro atoms. The SMILES string of the molecule is N#CCc1ccc2cc(C(=O)N3CCSCC3)ccc2c1. The van der Waals surface area contributed by atoms with Crippen molar-refractivity contribution in [2.24, 2.45) is 0 Å². The first kappa shape index (κ1) is 14.0. The van der Waals surface area contributed by atoms with Gasteiger partial charge in [0.1, 0.15) is 0 Å². The van der Waals surface area contributed by atoms with Crippen molar-refractivity contribution in [1.82, 2.24) is 4.90 Å². The lowest BCUT2D eigenvalue weighted by atomic mass is 10.0. The second kappa shape index (κ2) is 6.19. The molecule has 2 aromatic rings.